The second kappa shape index (κ2) is 6.62. The molecule has 2 rings (SSSR count). The van der Waals surface area contributed by atoms with Crippen LogP contribution in [0.4, 0.5) is 8.78 Å². The standard InChI is InChI=1S/C17H19F2N/c1-3-17(14-5-4-6-16(19)11-14)20-12(2)13-7-9-15(18)10-8-13/h4-12,17,20H,3H2,1-2H3/t12-,17?/m1/s1. The Kier molecular flexibility index (Phi) is 4.85. The van der Waals surface area contributed by atoms with Gasteiger partial charge < -0.3 is 5.32 Å². The van der Waals surface area contributed by atoms with Crippen molar-refractivity contribution in [1.29, 1.82) is 0 Å². The van der Waals surface area contributed by atoms with Gasteiger partial charge in [-0.05, 0) is 48.7 Å². The second-order valence-electron chi connectivity index (χ2n) is 4.96. The average molecular weight is 275 g/mol. The van der Waals surface area contributed by atoms with Crippen molar-refractivity contribution in [2.45, 2.75) is 32.4 Å². The van der Waals surface area contributed by atoms with Crippen LogP contribution in [0.1, 0.15) is 43.5 Å². The average Bonchev–Trinajstić information content (AvgIpc) is 2.45. The molecule has 0 heterocycles. The lowest BCUT2D eigenvalue weighted by Crippen LogP contribution is -2.24. The molecule has 0 aromatic heterocycles. The molecule has 2 aromatic carbocycles. The zero-order valence-electron chi connectivity index (χ0n) is 11.7. The first-order valence-corrected chi connectivity index (χ1v) is 6.87. The Labute approximate surface area is 118 Å². The fourth-order valence-corrected chi connectivity index (χ4v) is 2.32. The molecule has 106 valence electrons. The maximum Gasteiger partial charge on any atom is 0.123 e. The first-order chi connectivity index (χ1) is 9.60. The van der Waals surface area contributed by atoms with Crippen LogP contribution in [-0.4, -0.2) is 0 Å². The molecule has 0 fully saturated rings. The number of halogens is 2. The summed E-state index contributed by atoms with van der Waals surface area (Å²) in [6.45, 7) is 4.08. The van der Waals surface area contributed by atoms with Crippen LogP contribution in [0.3, 0.4) is 0 Å². The quantitative estimate of drug-likeness (QED) is 0.829. The lowest BCUT2D eigenvalue weighted by atomic mass is 10.0. The first kappa shape index (κ1) is 14.7. The van der Waals surface area contributed by atoms with Crippen LogP contribution in [0.5, 0.6) is 0 Å². The van der Waals surface area contributed by atoms with Crippen LogP contribution in [0.25, 0.3) is 0 Å². The molecule has 0 spiro atoms. The predicted octanol–water partition coefficient (Wildman–Crippen LogP) is 4.77. The van der Waals surface area contributed by atoms with E-state index in [2.05, 4.69) is 12.2 Å². The Balaban J connectivity index is 2.11. The molecule has 1 nitrogen and oxygen atoms in total. The van der Waals surface area contributed by atoms with Gasteiger partial charge in [-0.2, -0.15) is 0 Å². The third-order valence-electron chi connectivity index (χ3n) is 3.48. The summed E-state index contributed by atoms with van der Waals surface area (Å²) in [5.74, 6) is -0.463. The van der Waals surface area contributed by atoms with E-state index in [1.807, 2.05) is 13.0 Å². The number of rotatable bonds is 5. The van der Waals surface area contributed by atoms with Gasteiger partial charge in [0.25, 0.3) is 0 Å². The molecule has 0 aliphatic carbocycles. The maximum absolute atomic E-state index is 13.3. The van der Waals surface area contributed by atoms with Crippen LogP contribution < -0.4 is 5.32 Å². The lowest BCUT2D eigenvalue weighted by molar-refractivity contribution is 0.454. The van der Waals surface area contributed by atoms with Crippen molar-refractivity contribution in [2.24, 2.45) is 0 Å². The molecule has 20 heavy (non-hydrogen) atoms. The minimum Gasteiger partial charge on any atom is -0.303 e. The molecular formula is C17H19F2N. The lowest BCUT2D eigenvalue weighted by Gasteiger charge is -2.23. The smallest absolute Gasteiger partial charge is 0.123 e. The van der Waals surface area contributed by atoms with E-state index in [0.717, 1.165) is 17.5 Å². The van der Waals surface area contributed by atoms with E-state index < -0.39 is 0 Å². The van der Waals surface area contributed by atoms with Crippen LogP contribution >= 0.6 is 0 Å². The van der Waals surface area contributed by atoms with Crippen LogP contribution in [0.15, 0.2) is 48.5 Å². The molecule has 3 heteroatoms. The topological polar surface area (TPSA) is 12.0 Å². The summed E-state index contributed by atoms with van der Waals surface area (Å²) in [4.78, 5) is 0. The SMILES string of the molecule is CCC(N[C@H](C)c1ccc(F)cc1)c1cccc(F)c1. The summed E-state index contributed by atoms with van der Waals surface area (Å²) >= 11 is 0. The van der Waals surface area contributed by atoms with Crippen LogP contribution in [0.2, 0.25) is 0 Å². The van der Waals surface area contributed by atoms with Gasteiger partial charge in [-0.15, -0.1) is 0 Å². The van der Waals surface area contributed by atoms with Gasteiger partial charge in [0.1, 0.15) is 11.6 Å². The van der Waals surface area contributed by atoms with Crippen molar-refractivity contribution in [1.82, 2.24) is 5.32 Å². The summed E-state index contributed by atoms with van der Waals surface area (Å²) in [7, 11) is 0. The van der Waals surface area contributed by atoms with Crippen molar-refractivity contribution >= 4 is 0 Å². The Hall–Kier alpha value is -1.74. The highest BCUT2D eigenvalue weighted by molar-refractivity contribution is 5.23. The molecular weight excluding hydrogens is 256 g/mol. The van der Waals surface area contributed by atoms with Gasteiger partial charge in [-0.25, -0.2) is 8.78 Å². The van der Waals surface area contributed by atoms with Gasteiger partial charge in [0, 0.05) is 12.1 Å². The number of hydrogen-bond donors (Lipinski definition) is 1. The molecule has 1 N–H and O–H groups in total. The highest BCUT2D eigenvalue weighted by Crippen LogP contribution is 2.22. The summed E-state index contributed by atoms with van der Waals surface area (Å²) in [6.07, 6.45) is 0.856. The molecule has 1 unspecified atom stereocenters. The van der Waals surface area contributed by atoms with E-state index in [1.165, 1.54) is 18.2 Å². The number of benzene rings is 2. The van der Waals surface area contributed by atoms with Crippen LogP contribution in [0, 0.1) is 11.6 Å². The van der Waals surface area contributed by atoms with Gasteiger partial charge in [0.05, 0.1) is 0 Å². The van der Waals surface area contributed by atoms with Crippen molar-refractivity contribution in [2.75, 3.05) is 0 Å². The van der Waals surface area contributed by atoms with Gasteiger partial charge in [0.15, 0.2) is 0 Å². The third kappa shape index (κ3) is 3.64. The van der Waals surface area contributed by atoms with Gasteiger partial charge in [0.2, 0.25) is 0 Å². The molecule has 0 aliphatic rings. The Morgan fingerprint density at radius 3 is 2.25 bits per heavy atom. The maximum atomic E-state index is 13.3. The van der Waals surface area contributed by atoms with E-state index in [4.69, 9.17) is 0 Å². The Morgan fingerprint density at radius 1 is 0.950 bits per heavy atom. The predicted molar refractivity (Wildman–Crippen MR) is 77.4 cm³/mol. The normalized spacial score (nSPS) is 14.0. The van der Waals surface area contributed by atoms with Gasteiger partial charge in [-0.3, -0.25) is 0 Å². The van der Waals surface area contributed by atoms with E-state index in [-0.39, 0.29) is 23.7 Å². The van der Waals surface area contributed by atoms with Gasteiger partial charge >= 0.3 is 0 Å². The highest BCUT2D eigenvalue weighted by atomic mass is 19.1. The fraction of sp³-hybridized carbons (Fsp3) is 0.294. The van der Waals surface area contributed by atoms with E-state index >= 15 is 0 Å². The minimum absolute atomic E-state index is 0.0730. The first-order valence-electron chi connectivity index (χ1n) is 6.87. The second-order valence-corrected chi connectivity index (χ2v) is 4.96. The summed E-state index contributed by atoms with van der Waals surface area (Å²) in [5.41, 5.74) is 1.95. The molecule has 2 aromatic rings. The summed E-state index contributed by atoms with van der Waals surface area (Å²) < 4.78 is 26.2. The zero-order valence-corrected chi connectivity index (χ0v) is 11.7. The molecule has 0 aliphatic heterocycles. The van der Waals surface area contributed by atoms with E-state index in [0.29, 0.717) is 0 Å². The van der Waals surface area contributed by atoms with Gasteiger partial charge in [-0.1, -0.05) is 31.2 Å². The van der Waals surface area contributed by atoms with Crippen molar-refractivity contribution in [3.05, 3.63) is 71.3 Å². The third-order valence-corrected chi connectivity index (χ3v) is 3.48. The minimum atomic E-state index is -0.238. The van der Waals surface area contributed by atoms with Crippen molar-refractivity contribution < 1.29 is 8.78 Å². The molecule has 0 bridgehead atoms. The molecule has 0 amide bonds. The fourth-order valence-electron chi connectivity index (χ4n) is 2.32. The Morgan fingerprint density at radius 2 is 1.65 bits per heavy atom. The zero-order chi connectivity index (χ0) is 14.5. The molecule has 0 radical (unpaired) electrons. The summed E-state index contributed by atoms with van der Waals surface area (Å²) in [6, 6.07) is 13.2. The number of nitrogens with one attached hydrogen (secondary N) is 1. The van der Waals surface area contributed by atoms with E-state index in [9.17, 15) is 8.78 Å². The number of hydrogen-bond acceptors (Lipinski definition) is 1. The molecule has 2 atom stereocenters. The van der Waals surface area contributed by atoms with Crippen molar-refractivity contribution in [3.63, 3.8) is 0 Å². The van der Waals surface area contributed by atoms with Crippen LogP contribution in [-0.2, 0) is 0 Å². The Bertz CT molecular complexity index is 551. The van der Waals surface area contributed by atoms with E-state index in [1.54, 1.807) is 24.3 Å². The molecule has 0 saturated heterocycles. The summed E-state index contributed by atoms with van der Waals surface area (Å²) in [5, 5.41) is 3.46. The highest BCUT2D eigenvalue weighted by Gasteiger charge is 2.14. The largest absolute Gasteiger partial charge is 0.303 e. The van der Waals surface area contributed by atoms with Crippen molar-refractivity contribution in [3.8, 4) is 0 Å². The monoisotopic (exact) mass is 275 g/mol. The molecule has 0 saturated carbocycles.